The number of hydrogen-bond donors (Lipinski definition) is 1. The lowest BCUT2D eigenvalue weighted by Gasteiger charge is -2.01. The van der Waals surface area contributed by atoms with Gasteiger partial charge in [-0.05, 0) is 24.6 Å². The molecule has 0 fully saturated rings. The Kier molecular flexibility index (Phi) is 4.79. The van der Waals surface area contributed by atoms with E-state index in [1.807, 2.05) is 6.92 Å². The van der Waals surface area contributed by atoms with E-state index < -0.39 is 0 Å². The fourth-order valence-corrected chi connectivity index (χ4v) is 1.28. The van der Waals surface area contributed by atoms with Crippen LogP contribution in [0, 0.1) is 0 Å². The average Bonchev–Trinajstić information content (AvgIpc) is 2.15. The molecule has 0 unspecified atom stereocenters. The van der Waals surface area contributed by atoms with E-state index in [0.29, 0.717) is 0 Å². The van der Waals surface area contributed by atoms with Crippen LogP contribution >= 0.6 is 15.9 Å². The summed E-state index contributed by atoms with van der Waals surface area (Å²) < 4.78 is 1.13. The SMILES string of the molecule is C/C=C/CNCc1ccc(Br)cc1. The average molecular weight is 240 g/mol. The summed E-state index contributed by atoms with van der Waals surface area (Å²) in [6.45, 7) is 3.89. The maximum Gasteiger partial charge on any atom is 0.0208 e. The third kappa shape index (κ3) is 4.25. The molecule has 70 valence electrons. The zero-order valence-electron chi connectivity index (χ0n) is 7.76. The molecule has 0 atom stereocenters. The van der Waals surface area contributed by atoms with Crippen molar-refractivity contribution in [2.75, 3.05) is 6.54 Å². The molecule has 0 aliphatic rings. The van der Waals surface area contributed by atoms with Gasteiger partial charge in [0.25, 0.3) is 0 Å². The summed E-state index contributed by atoms with van der Waals surface area (Å²) in [5, 5.41) is 3.32. The van der Waals surface area contributed by atoms with Crippen molar-refractivity contribution in [3.63, 3.8) is 0 Å². The summed E-state index contributed by atoms with van der Waals surface area (Å²) in [5.74, 6) is 0. The second-order valence-electron chi connectivity index (χ2n) is 2.83. The van der Waals surface area contributed by atoms with Crippen molar-refractivity contribution < 1.29 is 0 Å². The number of rotatable bonds is 4. The van der Waals surface area contributed by atoms with E-state index in [4.69, 9.17) is 0 Å². The minimum atomic E-state index is 0.928. The van der Waals surface area contributed by atoms with Gasteiger partial charge in [0.05, 0.1) is 0 Å². The van der Waals surface area contributed by atoms with Crippen LogP contribution in [0.4, 0.5) is 0 Å². The van der Waals surface area contributed by atoms with Gasteiger partial charge in [0.2, 0.25) is 0 Å². The molecule has 1 aromatic rings. The molecule has 0 aromatic heterocycles. The summed E-state index contributed by atoms with van der Waals surface area (Å²) in [6, 6.07) is 8.36. The monoisotopic (exact) mass is 239 g/mol. The van der Waals surface area contributed by atoms with Gasteiger partial charge in [0.1, 0.15) is 0 Å². The summed E-state index contributed by atoms with van der Waals surface area (Å²) in [6.07, 6.45) is 4.16. The maximum atomic E-state index is 3.41. The molecule has 2 heteroatoms. The quantitative estimate of drug-likeness (QED) is 0.629. The molecule has 0 saturated heterocycles. The highest BCUT2D eigenvalue weighted by molar-refractivity contribution is 9.10. The highest BCUT2D eigenvalue weighted by Gasteiger charge is 1.90. The van der Waals surface area contributed by atoms with E-state index in [-0.39, 0.29) is 0 Å². The summed E-state index contributed by atoms with van der Waals surface area (Å²) in [4.78, 5) is 0. The normalized spacial score (nSPS) is 10.9. The third-order valence-corrected chi connectivity index (χ3v) is 2.27. The first-order chi connectivity index (χ1) is 6.33. The van der Waals surface area contributed by atoms with Gasteiger partial charge in [0.15, 0.2) is 0 Å². The number of allylic oxidation sites excluding steroid dienone is 1. The zero-order chi connectivity index (χ0) is 9.52. The molecule has 13 heavy (non-hydrogen) atoms. The molecule has 0 heterocycles. The van der Waals surface area contributed by atoms with Crippen LogP contribution < -0.4 is 5.32 Å². The van der Waals surface area contributed by atoms with E-state index >= 15 is 0 Å². The fourth-order valence-electron chi connectivity index (χ4n) is 1.02. The van der Waals surface area contributed by atoms with Crippen molar-refractivity contribution in [2.45, 2.75) is 13.5 Å². The van der Waals surface area contributed by atoms with Gasteiger partial charge in [-0.1, -0.05) is 40.2 Å². The molecule has 0 aliphatic heterocycles. The Labute approximate surface area is 88.0 Å². The second-order valence-corrected chi connectivity index (χ2v) is 3.74. The van der Waals surface area contributed by atoms with Crippen molar-refractivity contribution in [1.29, 1.82) is 0 Å². The molecular formula is C11H14BrN. The lowest BCUT2D eigenvalue weighted by Crippen LogP contribution is -2.12. The van der Waals surface area contributed by atoms with Crippen molar-refractivity contribution in [3.05, 3.63) is 46.5 Å². The lowest BCUT2D eigenvalue weighted by molar-refractivity contribution is 0.759. The third-order valence-electron chi connectivity index (χ3n) is 1.74. The lowest BCUT2D eigenvalue weighted by atomic mass is 10.2. The van der Waals surface area contributed by atoms with Crippen LogP contribution in [0.3, 0.4) is 0 Å². The van der Waals surface area contributed by atoms with Gasteiger partial charge >= 0.3 is 0 Å². The molecule has 0 aliphatic carbocycles. The predicted octanol–water partition coefficient (Wildman–Crippen LogP) is 3.11. The van der Waals surface area contributed by atoms with E-state index in [1.54, 1.807) is 0 Å². The summed E-state index contributed by atoms with van der Waals surface area (Å²) in [7, 11) is 0. The Morgan fingerprint density at radius 2 is 2.00 bits per heavy atom. The molecule has 0 radical (unpaired) electrons. The van der Waals surface area contributed by atoms with Crippen LogP contribution in [0.25, 0.3) is 0 Å². The van der Waals surface area contributed by atoms with Crippen molar-refractivity contribution in [2.24, 2.45) is 0 Å². The maximum absolute atomic E-state index is 3.41. The first-order valence-corrected chi connectivity index (χ1v) is 5.18. The summed E-state index contributed by atoms with van der Waals surface area (Å²) in [5.41, 5.74) is 1.31. The van der Waals surface area contributed by atoms with E-state index in [9.17, 15) is 0 Å². The van der Waals surface area contributed by atoms with Gasteiger partial charge in [-0.2, -0.15) is 0 Å². The molecule has 1 rings (SSSR count). The first-order valence-electron chi connectivity index (χ1n) is 4.39. The Bertz CT molecular complexity index is 264. The first kappa shape index (κ1) is 10.5. The van der Waals surface area contributed by atoms with Crippen molar-refractivity contribution in [3.8, 4) is 0 Å². The van der Waals surface area contributed by atoms with Crippen LogP contribution in [-0.2, 0) is 6.54 Å². The highest BCUT2D eigenvalue weighted by atomic mass is 79.9. The Morgan fingerprint density at radius 1 is 1.31 bits per heavy atom. The number of halogens is 1. The molecule has 0 spiro atoms. The van der Waals surface area contributed by atoms with Gasteiger partial charge in [-0.3, -0.25) is 0 Å². The summed E-state index contributed by atoms with van der Waals surface area (Å²) >= 11 is 3.41. The van der Waals surface area contributed by atoms with E-state index in [0.717, 1.165) is 17.6 Å². The Hall–Kier alpha value is -0.600. The molecule has 1 N–H and O–H groups in total. The number of nitrogens with one attached hydrogen (secondary N) is 1. The van der Waals surface area contributed by atoms with Crippen LogP contribution in [0.5, 0.6) is 0 Å². The van der Waals surface area contributed by atoms with Gasteiger partial charge in [0, 0.05) is 17.6 Å². The molecule has 0 bridgehead atoms. The molecule has 1 nitrogen and oxygen atoms in total. The van der Waals surface area contributed by atoms with Crippen molar-refractivity contribution in [1.82, 2.24) is 5.32 Å². The minimum absolute atomic E-state index is 0.928. The smallest absolute Gasteiger partial charge is 0.0208 e. The van der Waals surface area contributed by atoms with Crippen molar-refractivity contribution >= 4 is 15.9 Å². The van der Waals surface area contributed by atoms with Crippen LogP contribution in [0.1, 0.15) is 12.5 Å². The fraction of sp³-hybridized carbons (Fsp3) is 0.273. The number of hydrogen-bond acceptors (Lipinski definition) is 1. The van der Waals surface area contributed by atoms with E-state index in [2.05, 4.69) is 57.7 Å². The molecule has 0 amide bonds. The minimum Gasteiger partial charge on any atom is -0.309 e. The largest absolute Gasteiger partial charge is 0.309 e. The zero-order valence-corrected chi connectivity index (χ0v) is 9.34. The van der Waals surface area contributed by atoms with Gasteiger partial charge in [-0.15, -0.1) is 0 Å². The van der Waals surface area contributed by atoms with Gasteiger partial charge < -0.3 is 5.32 Å². The van der Waals surface area contributed by atoms with Crippen LogP contribution in [-0.4, -0.2) is 6.54 Å². The number of benzene rings is 1. The standard InChI is InChI=1S/C11H14BrN/c1-2-3-8-13-9-10-4-6-11(12)7-5-10/h2-7,13H,8-9H2,1H3/b3-2+. The second kappa shape index (κ2) is 5.95. The molecular weight excluding hydrogens is 226 g/mol. The topological polar surface area (TPSA) is 12.0 Å². The molecule has 1 aromatic carbocycles. The van der Waals surface area contributed by atoms with Gasteiger partial charge in [-0.25, -0.2) is 0 Å². The predicted molar refractivity (Wildman–Crippen MR) is 60.7 cm³/mol. The molecule has 0 saturated carbocycles. The Balaban J connectivity index is 2.33. The van der Waals surface area contributed by atoms with Crippen LogP contribution in [0.2, 0.25) is 0 Å². The highest BCUT2D eigenvalue weighted by Crippen LogP contribution is 2.09. The van der Waals surface area contributed by atoms with Crippen LogP contribution in [0.15, 0.2) is 40.9 Å². The Morgan fingerprint density at radius 3 is 2.62 bits per heavy atom. The van der Waals surface area contributed by atoms with E-state index in [1.165, 1.54) is 5.56 Å².